The van der Waals surface area contributed by atoms with Gasteiger partial charge in [0.1, 0.15) is 5.82 Å². The van der Waals surface area contributed by atoms with Crippen molar-refractivity contribution in [1.29, 1.82) is 0 Å². The molecule has 3 aromatic heterocycles. The van der Waals surface area contributed by atoms with Crippen molar-refractivity contribution in [2.75, 3.05) is 13.1 Å². The summed E-state index contributed by atoms with van der Waals surface area (Å²) in [4.78, 5) is 20.5. The fourth-order valence-corrected chi connectivity index (χ4v) is 4.82. The zero-order chi connectivity index (χ0) is 16.1. The normalized spacial score (nSPS) is 22.4. The highest BCUT2D eigenvalue weighted by atomic mass is 32.1. The van der Waals surface area contributed by atoms with Crippen LogP contribution in [0.3, 0.4) is 0 Å². The van der Waals surface area contributed by atoms with Gasteiger partial charge in [0, 0.05) is 25.0 Å². The Labute approximate surface area is 143 Å². The highest BCUT2D eigenvalue weighted by Gasteiger charge is 2.48. The number of thiophene rings is 1. The molecule has 5 nitrogen and oxygen atoms in total. The van der Waals surface area contributed by atoms with Crippen molar-refractivity contribution in [3.05, 3.63) is 53.7 Å². The van der Waals surface area contributed by atoms with E-state index in [0.29, 0.717) is 5.76 Å². The second-order valence-corrected chi connectivity index (χ2v) is 7.53. The van der Waals surface area contributed by atoms with Crippen molar-refractivity contribution in [2.24, 2.45) is 0 Å². The average molecular weight is 339 g/mol. The Morgan fingerprint density at radius 2 is 2.17 bits per heavy atom. The number of nitrogens with zero attached hydrogens (tertiary/aromatic N) is 3. The fraction of sp³-hybridized carbons (Fsp3) is 0.333. The molecule has 24 heavy (non-hydrogen) atoms. The molecule has 1 unspecified atom stereocenters. The van der Waals surface area contributed by atoms with Crippen LogP contribution in [0.2, 0.25) is 0 Å². The fourth-order valence-electron chi connectivity index (χ4n) is 4.07. The van der Waals surface area contributed by atoms with Gasteiger partial charge in [-0.15, -0.1) is 11.3 Å². The Morgan fingerprint density at radius 1 is 1.25 bits per heavy atom. The Morgan fingerprint density at radius 3 is 2.96 bits per heavy atom. The molecule has 1 fully saturated rings. The van der Waals surface area contributed by atoms with Crippen LogP contribution < -0.4 is 0 Å². The molecule has 0 aliphatic carbocycles. The summed E-state index contributed by atoms with van der Waals surface area (Å²) in [6.45, 7) is 2.47. The van der Waals surface area contributed by atoms with Crippen LogP contribution in [-0.4, -0.2) is 33.4 Å². The summed E-state index contributed by atoms with van der Waals surface area (Å²) in [6, 6.07) is 7.71. The van der Waals surface area contributed by atoms with Crippen molar-refractivity contribution in [3.63, 3.8) is 0 Å². The lowest BCUT2D eigenvalue weighted by Crippen LogP contribution is -2.33. The molecular weight excluding hydrogens is 322 g/mol. The number of amides is 1. The minimum absolute atomic E-state index is 0.00222. The zero-order valence-electron chi connectivity index (χ0n) is 13.1. The molecule has 1 amide bonds. The quantitative estimate of drug-likeness (QED) is 0.719. The standard InChI is InChI=1S/C18H17N3O2S/c22-16(14-3-1-9-23-14)20-7-5-18(12-20)6-8-21-13(11-19-17(18)21)15-4-2-10-24-15/h1-4,9-11H,5-8,12H2. The molecule has 3 aromatic rings. The van der Waals surface area contributed by atoms with Gasteiger partial charge in [-0.2, -0.15) is 0 Å². The van der Waals surface area contributed by atoms with Crippen LogP contribution in [0.5, 0.6) is 0 Å². The summed E-state index contributed by atoms with van der Waals surface area (Å²) < 4.78 is 7.61. The zero-order valence-corrected chi connectivity index (χ0v) is 14.0. The van der Waals surface area contributed by atoms with E-state index in [0.717, 1.165) is 38.3 Å². The van der Waals surface area contributed by atoms with Crippen LogP contribution >= 0.6 is 11.3 Å². The highest BCUT2D eigenvalue weighted by Crippen LogP contribution is 2.44. The smallest absolute Gasteiger partial charge is 0.289 e. The highest BCUT2D eigenvalue weighted by molar-refractivity contribution is 7.13. The summed E-state index contributed by atoms with van der Waals surface area (Å²) in [5.74, 6) is 1.55. The molecule has 2 aliphatic heterocycles. The van der Waals surface area contributed by atoms with E-state index in [9.17, 15) is 4.79 Å². The molecule has 2 aliphatic rings. The topological polar surface area (TPSA) is 51.3 Å². The van der Waals surface area contributed by atoms with Gasteiger partial charge in [-0.3, -0.25) is 4.79 Å². The van der Waals surface area contributed by atoms with E-state index in [1.54, 1.807) is 29.7 Å². The monoisotopic (exact) mass is 339 g/mol. The van der Waals surface area contributed by atoms with E-state index in [2.05, 4.69) is 22.1 Å². The van der Waals surface area contributed by atoms with E-state index in [1.807, 2.05) is 11.1 Å². The number of aromatic nitrogens is 2. The second kappa shape index (κ2) is 5.08. The number of imidazole rings is 1. The van der Waals surface area contributed by atoms with Crippen LogP contribution in [0.15, 0.2) is 46.5 Å². The van der Waals surface area contributed by atoms with Crippen molar-refractivity contribution in [3.8, 4) is 10.6 Å². The molecule has 5 heterocycles. The summed E-state index contributed by atoms with van der Waals surface area (Å²) in [6.07, 6.45) is 5.56. The predicted molar refractivity (Wildman–Crippen MR) is 91.1 cm³/mol. The van der Waals surface area contributed by atoms with Crippen LogP contribution in [0, 0.1) is 0 Å². The SMILES string of the molecule is O=C(c1ccco1)N1CCC2(CCn3c(-c4cccs4)cnc32)C1. The van der Waals surface area contributed by atoms with Crippen molar-refractivity contribution < 1.29 is 9.21 Å². The first-order chi connectivity index (χ1) is 11.8. The molecule has 1 saturated heterocycles. The lowest BCUT2D eigenvalue weighted by molar-refractivity contribution is 0.0751. The molecule has 122 valence electrons. The molecule has 6 heteroatoms. The van der Waals surface area contributed by atoms with Crippen LogP contribution in [0.1, 0.15) is 29.2 Å². The van der Waals surface area contributed by atoms with E-state index in [4.69, 9.17) is 9.40 Å². The van der Waals surface area contributed by atoms with Gasteiger partial charge in [0.15, 0.2) is 5.76 Å². The first-order valence-electron chi connectivity index (χ1n) is 8.20. The summed E-state index contributed by atoms with van der Waals surface area (Å²) in [5.41, 5.74) is 1.20. The number of furan rings is 1. The van der Waals surface area contributed by atoms with Gasteiger partial charge in [-0.1, -0.05) is 6.07 Å². The van der Waals surface area contributed by atoms with Gasteiger partial charge in [0.2, 0.25) is 0 Å². The van der Waals surface area contributed by atoms with Crippen LogP contribution in [0.4, 0.5) is 0 Å². The van der Waals surface area contributed by atoms with E-state index in [-0.39, 0.29) is 11.3 Å². The maximum atomic E-state index is 12.6. The lowest BCUT2D eigenvalue weighted by atomic mass is 9.85. The molecule has 1 spiro atoms. The Hall–Kier alpha value is -2.34. The maximum Gasteiger partial charge on any atom is 0.289 e. The Bertz CT molecular complexity index is 882. The number of hydrogen-bond donors (Lipinski definition) is 0. The van der Waals surface area contributed by atoms with Crippen molar-refractivity contribution in [1.82, 2.24) is 14.5 Å². The minimum Gasteiger partial charge on any atom is -0.459 e. The number of likely N-dealkylation sites (tertiary alicyclic amines) is 1. The Kier molecular flexibility index (Phi) is 2.97. The largest absolute Gasteiger partial charge is 0.459 e. The minimum atomic E-state index is -0.0136. The van der Waals surface area contributed by atoms with Crippen LogP contribution in [0.25, 0.3) is 10.6 Å². The van der Waals surface area contributed by atoms with Gasteiger partial charge in [-0.05, 0) is 36.4 Å². The third-order valence-electron chi connectivity index (χ3n) is 5.29. The van der Waals surface area contributed by atoms with Gasteiger partial charge < -0.3 is 13.9 Å². The summed E-state index contributed by atoms with van der Waals surface area (Å²) in [7, 11) is 0. The molecular formula is C18H17N3O2S. The third kappa shape index (κ3) is 1.92. The Balaban J connectivity index is 1.45. The molecule has 0 N–H and O–H groups in total. The molecule has 5 rings (SSSR count). The molecule has 0 saturated carbocycles. The second-order valence-electron chi connectivity index (χ2n) is 6.58. The third-order valence-corrected chi connectivity index (χ3v) is 6.18. The molecule has 1 atom stereocenters. The number of hydrogen-bond acceptors (Lipinski definition) is 4. The van der Waals surface area contributed by atoms with E-state index >= 15 is 0 Å². The average Bonchev–Trinajstić information content (AvgIpc) is 3.41. The molecule has 0 aromatic carbocycles. The summed E-state index contributed by atoms with van der Waals surface area (Å²) >= 11 is 1.74. The van der Waals surface area contributed by atoms with Gasteiger partial charge in [0.25, 0.3) is 5.91 Å². The molecule has 0 radical (unpaired) electrons. The number of rotatable bonds is 2. The number of fused-ring (bicyclic) bond motifs is 2. The number of carbonyl (C=O) groups excluding carboxylic acids is 1. The van der Waals surface area contributed by atoms with Crippen molar-refractivity contribution >= 4 is 17.2 Å². The first-order valence-corrected chi connectivity index (χ1v) is 9.07. The lowest BCUT2D eigenvalue weighted by Gasteiger charge is -2.22. The van der Waals surface area contributed by atoms with Crippen molar-refractivity contribution in [2.45, 2.75) is 24.8 Å². The van der Waals surface area contributed by atoms with E-state index < -0.39 is 0 Å². The first kappa shape index (κ1) is 14.0. The predicted octanol–water partition coefficient (Wildman–Crippen LogP) is 3.39. The van der Waals surface area contributed by atoms with Gasteiger partial charge in [0.05, 0.1) is 23.0 Å². The maximum absolute atomic E-state index is 12.6. The van der Waals surface area contributed by atoms with Gasteiger partial charge in [-0.25, -0.2) is 4.98 Å². The summed E-state index contributed by atoms with van der Waals surface area (Å²) in [5, 5.41) is 2.10. The van der Waals surface area contributed by atoms with Crippen LogP contribution in [-0.2, 0) is 12.0 Å². The molecule has 0 bridgehead atoms. The van der Waals surface area contributed by atoms with E-state index in [1.165, 1.54) is 10.6 Å². The van der Waals surface area contributed by atoms with Gasteiger partial charge >= 0.3 is 0 Å². The number of carbonyl (C=O) groups is 1.